The Morgan fingerprint density at radius 1 is 1.28 bits per heavy atom. The van der Waals surface area contributed by atoms with Crippen molar-refractivity contribution in [1.29, 1.82) is 0 Å². The molecule has 18 heavy (non-hydrogen) atoms. The van der Waals surface area contributed by atoms with Crippen LogP contribution < -0.4 is 5.73 Å². The first kappa shape index (κ1) is 13.5. The molecule has 0 aromatic heterocycles. The summed E-state index contributed by atoms with van der Waals surface area (Å²) < 4.78 is 27.3. The highest BCUT2D eigenvalue weighted by Gasteiger charge is 2.33. The minimum absolute atomic E-state index is 0.0528. The van der Waals surface area contributed by atoms with Crippen LogP contribution in [0.15, 0.2) is 18.2 Å². The van der Waals surface area contributed by atoms with Gasteiger partial charge in [0.1, 0.15) is 11.6 Å². The van der Waals surface area contributed by atoms with Gasteiger partial charge in [-0.05, 0) is 49.1 Å². The summed E-state index contributed by atoms with van der Waals surface area (Å²) in [4.78, 5) is 0. The van der Waals surface area contributed by atoms with Crippen molar-refractivity contribution >= 4 is 0 Å². The molecule has 0 heterocycles. The minimum atomic E-state index is -0.453. The van der Waals surface area contributed by atoms with E-state index >= 15 is 0 Å². The molecular weight excluding hydrogens is 232 g/mol. The van der Waals surface area contributed by atoms with Gasteiger partial charge in [0.05, 0.1) is 0 Å². The molecule has 0 amide bonds. The van der Waals surface area contributed by atoms with Crippen LogP contribution in [0, 0.1) is 23.0 Å². The maximum Gasteiger partial charge on any atom is 0.129 e. The predicted octanol–water partition coefficient (Wildman–Crippen LogP) is 3.66. The molecule has 1 aromatic carbocycles. The Morgan fingerprint density at radius 2 is 1.89 bits per heavy atom. The molecule has 100 valence electrons. The molecular formula is C15H21F2N. The average molecular weight is 253 g/mol. The number of benzene rings is 1. The highest BCUT2D eigenvalue weighted by atomic mass is 19.1. The number of halogens is 2. The van der Waals surface area contributed by atoms with Gasteiger partial charge < -0.3 is 5.73 Å². The van der Waals surface area contributed by atoms with Gasteiger partial charge >= 0.3 is 0 Å². The van der Waals surface area contributed by atoms with Crippen LogP contribution >= 0.6 is 0 Å². The Bertz CT molecular complexity index is 408. The molecule has 0 spiro atoms. The van der Waals surface area contributed by atoms with Gasteiger partial charge in [-0.2, -0.15) is 0 Å². The average Bonchev–Trinajstić information content (AvgIpc) is 2.28. The van der Waals surface area contributed by atoms with Gasteiger partial charge in [-0.1, -0.05) is 19.9 Å². The first-order valence-corrected chi connectivity index (χ1v) is 6.57. The van der Waals surface area contributed by atoms with E-state index in [2.05, 4.69) is 13.8 Å². The van der Waals surface area contributed by atoms with E-state index in [1.54, 1.807) is 0 Å². The SMILES string of the molecule is CC1(C)CCC(N)C(Cc2c(F)cccc2F)C1. The molecule has 3 heteroatoms. The van der Waals surface area contributed by atoms with Gasteiger partial charge in [0.15, 0.2) is 0 Å². The van der Waals surface area contributed by atoms with E-state index in [-0.39, 0.29) is 22.9 Å². The van der Waals surface area contributed by atoms with Gasteiger partial charge in [0, 0.05) is 11.6 Å². The number of rotatable bonds is 2. The highest BCUT2D eigenvalue weighted by molar-refractivity contribution is 5.20. The Balaban J connectivity index is 2.17. The van der Waals surface area contributed by atoms with Crippen LogP contribution in [0.2, 0.25) is 0 Å². The van der Waals surface area contributed by atoms with Crippen molar-refractivity contribution in [2.75, 3.05) is 0 Å². The van der Waals surface area contributed by atoms with Gasteiger partial charge in [0.2, 0.25) is 0 Å². The van der Waals surface area contributed by atoms with Crippen molar-refractivity contribution in [3.05, 3.63) is 35.4 Å². The summed E-state index contributed by atoms with van der Waals surface area (Å²) in [5.74, 6) is -0.740. The van der Waals surface area contributed by atoms with E-state index < -0.39 is 11.6 Å². The quantitative estimate of drug-likeness (QED) is 0.855. The van der Waals surface area contributed by atoms with Gasteiger partial charge in [-0.15, -0.1) is 0 Å². The monoisotopic (exact) mass is 253 g/mol. The normalized spacial score (nSPS) is 27.2. The van der Waals surface area contributed by atoms with E-state index in [0.29, 0.717) is 6.42 Å². The summed E-state index contributed by atoms with van der Waals surface area (Å²) >= 11 is 0. The smallest absolute Gasteiger partial charge is 0.129 e. The molecule has 1 fully saturated rings. The van der Waals surface area contributed by atoms with Gasteiger partial charge in [-0.3, -0.25) is 0 Å². The highest BCUT2D eigenvalue weighted by Crippen LogP contribution is 2.39. The first-order chi connectivity index (χ1) is 8.39. The van der Waals surface area contributed by atoms with Crippen molar-refractivity contribution in [2.24, 2.45) is 17.1 Å². The molecule has 0 aliphatic heterocycles. The molecule has 1 aliphatic carbocycles. The third-order valence-electron chi connectivity index (χ3n) is 4.10. The van der Waals surface area contributed by atoms with Crippen molar-refractivity contribution in [2.45, 2.75) is 45.6 Å². The second-order valence-corrected chi connectivity index (χ2v) is 6.24. The molecule has 1 saturated carbocycles. The molecule has 2 rings (SSSR count). The first-order valence-electron chi connectivity index (χ1n) is 6.57. The zero-order valence-corrected chi connectivity index (χ0v) is 11.0. The Labute approximate surface area is 107 Å². The second kappa shape index (κ2) is 4.96. The lowest BCUT2D eigenvalue weighted by Gasteiger charge is -2.39. The van der Waals surface area contributed by atoms with E-state index in [1.165, 1.54) is 18.2 Å². The van der Waals surface area contributed by atoms with Crippen LogP contribution in [0.4, 0.5) is 8.78 Å². The van der Waals surface area contributed by atoms with Crippen LogP contribution in [-0.2, 0) is 6.42 Å². The number of hydrogen-bond donors (Lipinski definition) is 1. The Morgan fingerprint density at radius 3 is 2.50 bits per heavy atom. The third kappa shape index (κ3) is 2.89. The lowest BCUT2D eigenvalue weighted by molar-refractivity contribution is 0.155. The Hall–Kier alpha value is -0.960. The van der Waals surface area contributed by atoms with Crippen molar-refractivity contribution in [3.8, 4) is 0 Å². The fraction of sp³-hybridized carbons (Fsp3) is 0.600. The Kier molecular flexibility index (Phi) is 3.71. The summed E-state index contributed by atoms with van der Waals surface area (Å²) in [5.41, 5.74) is 6.52. The topological polar surface area (TPSA) is 26.0 Å². The molecule has 1 nitrogen and oxygen atoms in total. The van der Waals surface area contributed by atoms with Crippen LogP contribution in [0.5, 0.6) is 0 Å². The molecule has 1 aromatic rings. The lowest BCUT2D eigenvalue weighted by atomic mass is 9.68. The minimum Gasteiger partial charge on any atom is -0.327 e. The van der Waals surface area contributed by atoms with Crippen molar-refractivity contribution in [3.63, 3.8) is 0 Å². The lowest BCUT2D eigenvalue weighted by Crippen LogP contribution is -2.40. The standard InChI is InChI=1S/C15H21F2N/c1-15(2)7-6-14(18)10(9-15)8-11-12(16)4-3-5-13(11)17/h3-5,10,14H,6-9,18H2,1-2H3. The molecule has 0 saturated heterocycles. The maximum atomic E-state index is 13.6. The largest absolute Gasteiger partial charge is 0.327 e. The molecule has 0 radical (unpaired) electrons. The van der Waals surface area contributed by atoms with Crippen LogP contribution in [-0.4, -0.2) is 6.04 Å². The summed E-state index contributed by atoms with van der Waals surface area (Å²) in [6.07, 6.45) is 3.36. The van der Waals surface area contributed by atoms with E-state index in [4.69, 9.17) is 5.73 Å². The van der Waals surface area contributed by atoms with E-state index in [9.17, 15) is 8.78 Å². The number of hydrogen-bond acceptors (Lipinski definition) is 1. The molecule has 1 aliphatic rings. The third-order valence-corrected chi connectivity index (χ3v) is 4.10. The molecule has 0 bridgehead atoms. The maximum absolute atomic E-state index is 13.6. The predicted molar refractivity (Wildman–Crippen MR) is 69.2 cm³/mol. The van der Waals surface area contributed by atoms with Gasteiger partial charge in [-0.25, -0.2) is 8.78 Å². The zero-order chi connectivity index (χ0) is 13.3. The van der Waals surface area contributed by atoms with Gasteiger partial charge in [0.25, 0.3) is 0 Å². The number of nitrogens with two attached hydrogens (primary N) is 1. The summed E-state index contributed by atoms with van der Waals surface area (Å²) in [6, 6.07) is 4.09. The molecule has 2 unspecified atom stereocenters. The summed E-state index contributed by atoms with van der Waals surface area (Å²) in [6.45, 7) is 4.40. The molecule has 2 atom stereocenters. The fourth-order valence-corrected chi connectivity index (χ4v) is 2.97. The van der Waals surface area contributed by atoms with Crippen LogP contribution in [0.3, 0.4) is 0 Å². The van der Waals surface area contributed by atoms with E-state index in [1.807, 2.05) is 0 Å². The van der Waals surface area contributed by atoms with E-state index in [0.717, 1.165) is 19.3 Å². The van der Waals surface area contributed by atoms with Crippen molar-refractivity contribution in [1.82, 2.24) is 0 Å². The summed E-state index contributed by atoms with van der Waals surface area (Å²) in [5, 5.41) is 0. The van der Waals surface area contributed by atoms with Crippen LogP contribution in [0.1, 0.15) is 38.7 Å². The fourth-order valence-electron chi connectivity index (χ4n) is 2.97. The van der Waals surface area contributed by atoms with Crippen LogP contribution in [0.25, 0.3) is 0 Å². The molecule has 2 N–H and O–H groups in total. The second-order valence-electron chi connectivity index (χ2n) is 6.24. The zero-order valence-electron chi connectivity index (χ0n) is 11.0. The summed E-state index contributed by atoms with van der Waals surface area (Å²) in [7, 11) is 0. The van der Waals surface area contributed by atoms with Crippen molar-refractivity contribution < 1.29 is 8.78 Å².